The third-order valence-electron chi connectivity index (χ3n) is 4.19. The Labute approximate surface area is 98.8 Å². The van der Waals surface area contributed by atoms with Crippen LogP contribution in [0.5, 0.6) is 0 Å². The lowest BCUT2D eigenvalue weighted by Crippen LogP contribution is -2.46. The average molecular weight is 221 g/mol. The van der Waals surface area contributed by atoms with Gasteiger partial charge >= 0.3 is 0 Å². The van der Waals surface area contributed by atoms with E-state index < -0.39 is 0 Å². The van der Waals surface area contributed by atoms with E-state index in [9.17, 15) is 0 Å². The molecule has 0 aromatic heterocycles. The van der Waals surface area contributed by atoms with E-state index in [0.29, 0.717) is 12.6 Å². The summed E-state index contributed by atoms with van der Waals surface area (Å²) in [4.78, 5) is 2.26. The molecule has 2 rings (SSSR count). The predicted molar refractivity (Wildman–Crippen MR) is 65.0 cm³/mol. The fraction of sp³-hybridized carbons (Fsp3) is 0.923. The molecule has 3 nitrogen and oxygen atoms in total. The van der Waals surface area contributed by atoms with Gasteiger partial charge in [-0.3, -0.25) is 4.90 Å². The molecule has 1 aliphatic heterocycles. The molecule has 1 saturated carbocycles. The van der Waals surface area contributed by atoms with E-state index in [2.05, 4.69) is 23.2 Å². The van der Waals surface area contributed by atoms with E-state index >= 15 is 0 Å². The van der Waals surface area contributed by atoms with Gasteiger partial charge in [-0.2, -0.15) is 5.26 Å². The number of rotatable bonds is 3. The third kappa shape index (κ3) is 2.96. The van der Waals surface area contributed by atoms with Crippen LogP contribution in [0.25, 0.3) is 0 Å². The maximum Gasteiger partial charge on any atom is 0.0866 e. The van der Waals surface area contributed by atoms with Crippen LogP contribution >= 0.6 is 0 Å². The van der Waals surface area contributed by atoms with E-state index in [1.54, 1.807) is 0 Å². The van der Waals surface area contributed by atoms with E-state index in [1.807, 2.05) is 0 Å². The highest BCUT2D eigenvalue weighted by Gasteiger charge is 2.27. The molecule has 90 valence electrons. The lowest BCUT2D eigenvalue weighted by molar-refractivity contribution is 0.203. The van der Waals surface area contributed by atoms with Crippen molar-refractivity contribution in [1.29, 1.82) is 5.26 Å². The van der Waals surface area contributed by atoms with Gasteiger partial charge in [-0.15, -0.1) is 0 Å². The zero-order valence-electron chi connectivity index (χ0n) is 10.3. The summed E-state index contributed by atoms with van der Waals surface area (Å²) < 4.78 is 0. The molecule has 0 aromatic carbocycles. The van der Waals surface area contributed by atoms with Crippen LogP contribution in [-0.2, 0) is 0 Å². The SMILES string of the molecule is CC1CCCC1NC1CCN(CC#N)CC1. The third-order valence-corrected chi connectivity index (χ3v) is 4.19. The number of nitriles is 1. The molecule has 2 fully saturated rings. The predicted octanol–water partition coefficient (Wildman–Crippen LogP) is 1.75. The van der Waals surface area contributed by atoms with Crippen LogP contribution in [0.3, 0.4) is 0 Å². The molecular formula is C13H23N3. The second-order valence-electron chi connectivity index (χ2n) is 5.39. The lowest BCUT2D eigenvalue weighted by Gasteiger charge is -2.33. The second kappa shape index (κ2) is 5.65. The van der Waals surface area contributed by atoms with E-state index in [0.717, 1.165) is 25.0 Å². The van der Waals surface area contributed by atoms with Crippen LogP contribution in [0.2, 0.25) is 0 Å². The van der Waals surface area contributed by atoms with Crippen LogP contribution in [0.15, 0.2) is 0 Å². The number of nitrogens with zero attached hydrogens (tertiary/aromatic N) is 2. The number of piperidine rings is 1. The molecule has 16 heavy (non-hydrogen) atoms. The molecule has 1 heterocycles. The van der Waals surface area contributed by atoms with Gasteiger partial charge < -0.3 is 5.32 Å². The zero-order valence-corrected chi connectivity index (χ0v) is 10.3. The van der Waals surface area contributed by atoms with Gasteiger partial charge in [-0.1, -0.05) is 13.3 Å². The summed E-state index contributed by atoms with van der Waals surface area (Å²) in [6.45, 7) is 5.15. The van der Waals surface area contributed by atoms with Gasteiger partial charge in [0.25, 0.3) is 0 Å². The summed E-state index contributed by atoms with van der Waals surface area (Å²) in [6, 6.07) is 3.69. The molecular weight excluding hydrogens is 198 g/mol. The minimum absolute atomic E-state index is 0.604. The van der Waals surface area contributed by atoms with E-state index in [1.165, 1.54) is 32.1 Å². The largest absolute Gasteiger partial charge is 0.311 e. The van der Waals surface area contributed by atoms with Crippen molar-refractivity contribution in [2.75, 3.05) is 19.6 Å². The van der Waals surface area contributed by atoms with Gasteiger partial charge in [0.2, 0.25) is 0 Å². The van der Waals surface area contributed by atoms with Gasteiger partial charge in [-0.25, -0.2) is 0 Å². The Bertz CT molecular complexity index is 250. The molecule has 0 radical (unpaired) electrons. The Hall–Kier alpha value is -0.590. The fourth-order valence-corrected chi connectivity index (χ4v) is 3.05. The van der Waals surface area contributed by atoms with Crippen molar-refractivity contribution < 1.29 is 0 Å². The second-order valence-corrected chi connectivity index (χ2v) is 5.39. The maximum atomic E-state index is 8.64. The molecule has 0 bridgehead atoms. The first-order valence-corrected chi connectivity index (χ1v) is 6.65. The minimum Gasteiger partial charge on any atom is -0.311 e. The summed E-state index contributed by atoms with van der Waals surface area (Å²) >= 11 is 0. The summed E-state index contributed by atoms with van der Waals surface area (Å²) in [5.74, 6) is 0.858. The molecule has 1 aliphatic carbocycles. The molecule has 0 amide bonds. The quantitative estimate of drug-likeness (QED) is 0.738. The van der Waals surface area contributed by atoms with Crippen molar-refractivity contribution in [2.24, 2.45) is 5.92 Å². The summed E-state index contributed by atoms with van der Waals surface area (Å²) in [6.07, 6.45) is 6.58. The highest BCUT2D eigenvalue weighted by molar-refractivity contribution is 4.87. The molecule has 0 aromatic rings. The zero-order chi connectivity index (χ0) is 11.4. The van der Waals surface area contributed by atoms with Crippen molar-refractivity contribution in [2.45, 2.75) is 51.1 Å². The van der Waals surface area contributed by atoms with Gasteiger partial charge in [-0.05, 0) is 31.6 Å². The summed E-state index contributed by atoms with van der Waals surface area (Å²) in [5.41, 5.74) is 0. The number of likely N-dealkylation sites (tertiary alicyclic amines) is 1. The topological polar surface area (TPSA) is 39.1 Å². The first kappa shape index (κ1) is 11.9. The molecule has 0 spiro atoms. The Morgan fingerprint density at radius 1 is 1.25 bits per heavy atom. The Morgan fingerprint density at radius 2 is 2.00 bits per heavy atom. The van der Waals surface area contributed by atoms with Gasteiger partial charge in [0.15, 0.2) is 0 Å². The highest BCUT2D eigenvalue weighted by atomic mass is 15.1. The van der Waals surface area contributed by atoms with Crippen LogP contribution < -0.4 is 5.32 Å². The van der Waals surface area contributed by atoms with Crippen molar-refractivity contribution >= 4 is 0 Å². The van der Waals surface area contributed by atoms with Crippen molar-refractivity contribution in [3.05, 3.63) is 0 Å². The van der Waals surface area contributed by atoms with Gasteiger partial charge in [0.1, 0.15) is 0 Å². The first-order valence-electron chi connectivity index (χ1n) is 6.65. The number of nitrogens with one attached hydrogen (secondary N) is 1. The van der Waals surface area contributed by atoms with Crippen molar-refractivity contribution in [1.82, 2.24) is 10.2 Å². The number of hydrogen-bond acceptors (Lipinski definition) is 3. The van der Waals surface area contributed by atoms with Crippen molar-refractivity contribution in [3.63, 3.8) is 0 Å². The Kier molecular flexibility index (Phi) is 4.20. The molecule has 1 saturated heterocycles. The van der Waals surface area contributed by atoms with Crippen LogP contribution in [0.4, 0.5) is 0 Å². The maximum absolute atomic E-state index is 8.64. The van der Waals surface area contributed by atoms with Crippen molar-refractivity contribution in [3.8, 4) is 6.07 Å². The smallest absolute Gasteiger partial charge is 0.0866 e. The monoisotopic (exact) mass is 221 g/mol. The van der Waals surface area contributed by atoms with E-state index in [4.69, 9.17) is 5.26 Å². The van der Waals surface area contributed by atoms with E-state index in [-0.39, 0.29) is 0 Å². The van der Waals surface area contributed by atoms with Crippen LogP contribution in [-0.4, -0.2) is 36.6 Å². The summed E-state index contributed by atoms with van der Waals surface area (Å²) in [5, 5.41) is 12.5. The van der Waals surface area contributed by atoms with Crippen LogP contribution in [0, 0.1) is 17.2 Å². The fourth-order valence-electron chi connectivity index (χ4n) is 3.05. The highest BCUT2D eigenvalue weighted by Crippen LogP contribution is 2.26. The Morgan fingerprint density at radius 3 is 2.56 bits per heavy atom. The normalized spacial score (nSPS) is 32.8. The standard InChI is InChI=1S/C13H23N3/c1-11-3-2-4-13(11)15-12-5-8-16(9-6-12)10-7-14/h11-13,15H,2-6,8-10H2,1H3. The molecule has 2 aliphatic rings. The van der Waals surface area contributed by atoms with Gasteiger partial charge in [0.05, 0.1) is 12.6 Å². The summed E-state index contributed by atoms with van der Waals surface area (Å²) in [7, 11) is 0. The Balaban J connectivity index is 1.71. The minimum atomic E-state index is 0.604. The average Bonchev–Trinajstić information content (AvgIpc) is 2.68. The molecule has 1 N–H and O–H groups in total. The van der Waals surface area contributed by atoms with Gasteiger partial charge in [0, 0.05) is 25.2 Å². The van der Waals surface area contributed by atoms with Crippen LogP contribution in [0.1, 0.15) is 39.0 Å². The lowest BCUT2D eigenvalue weighted by atomic mass is 10.0. The first-order chi connectivity index (χ1) is 7.79. The molecule has 2 atom stereocenters. The molecule has 2 unspecified atom stereocenters. The number of hydrogen-bond donors (Lipinski definition) is 1. The molecule has 3 heteroatoms.